The van der Waals surface area contributed by atoms with E-state index in [0.29, 0.717) is 6.10 Å². The van der Waals surface area contributed by atoms with Crippen molar-refractivity contribution in [1.82, 2.24) is 0 Å². The highest BCUT2D eigenvalue weighted by Gasteiger charge is 2.01. The van der Waals surface area contributed by atoms with E-state index in [1.54, 1.807) is 0 Å². The molecule has 1 atom stereocenters. The van der Waals surface area contributed by atoms with Gasteiger partial charge in [0.2, 0.25) is 0 Å². The topological polar surface area (TPSA) is 9.23 Å². The van der Waals surface area contributed by atoms with Gasteiger partial charge in [0.25, 0.3) is 0 Å². The zero-order chi connectivity index (χ0) is 9.84. The zero-order valence-corrected chi connectivity index (χ0v) is 8.92. The van der Waals surface area contributed by atoms with Gasteiger partial charge in [0.1, 0.15) is 5.75 Å². The van der Waals surface area contributed by atoms with E-state index in [9.17, 15) is 0 Å². The van der Waals surface area contributed by atoms with Crippen LogP contribution in [0.3, 0.4) is 0 Å². The van der Waals surface area contributed by atoms with Crippen molar-refractivity contribution >= 4 is 0 Å². The smallest absolute Gasteiger partial charge is 0.119 e. The van der Waals surface area contributed by atoms with Crippen LogP contribution in [0.25, 0.3) is 0 Å². The van der Waals surface area contributed by atoms with Gasteiger partial charge in [-0.1, -0.05) is 13.0 Å². The van der Waals surface area contributed by atoms with Crippen LogP contribution < -0.4 is 4.74 Å². The summed E-state index contributed by atoms with van der Waals surface area (Å²) in [6.07, 6.45) is 1.36. The average Bonchev–Trinajstić information content (AvgIpc) is 2.11. The molecule has 0 radical (unpaired) electrons. The van der Waals surface area contributed by atoms with Gasteiger partial charge in [0, 0.05) is 0 Å². The van der Waals surface area contributed by atoms with Crippen molar-refractivity contribution < 1.29 is 4.74 Å². The van der Waals surface area contributed by atoms with Gasteiger partial charge >= 0.3 is 0 Å². The molecule has 1 nitrogen and oxygen atoms in total. The molecule has 0 N–H and O–H groups in total. The van der Waals surface area contributed by atoms with Gasteiger partial charge in [0.15, 0.2) is 0 Å². The lowest BCUT2D eigenvalue weighted by atomic mass is 10.1. The maximum Gasteiger partial charge on any atom is 0.119 e. The highest BCUT2D eigenvalue weighted by Crippen LogP contribution is 2.18. The standard InChI is InChI=1S/C12H18O/c1-5-11(4)13-12-7-6-9(2)10(3)8-12/h6-8,11H,5H2,1-4H3. The van der Waals surface area contributed by atoms with E-state index in [0.717, 1.165) is 12.2 Å². The van der Waals surface area contributed by atoms with Gasteiger partial charge in [-0.15, -0.1) is 0 Å². The molecule has 0 aliphatic carbocycles. The Morgan fingerprint density at radius 3 is 2.46 bits per heavy atom. The molecule has 0 amide bonds. The Morgan fingerprint density at radius 1 is 1.23 bits per heavy atom. The minimum atomic E-state index is 0.308. The normalized spacial score (nSPS) is 12.6. The first kappa shape index (κ1) is 10.1. The maximum atomic E-state index is 5.70. The largest absolute Gasteiger partial charge is 0.491 e. The van der Waals surface area contributed by atoms with E-state index in [2.05, 4.69) is 39.8 Å². The molecule has 1 aromatic rings. The summed E-state index contributed by atoms with van der Waals surface area (Å²) >= 11 is 0. The van der Waals surface area contributed by atoms with Crippen LogP contribution in [0, 0.1) is 13.8 Å². The summed E-state index contributed by atoms with van der Waals surface area (Å²) in [5.74, 6) is 0.984. The number of hydrogen-bond acceptors (Lipinski definition) is 1. The molecule has 1 rings (SSSR count). The molecule has 0 aromatic heterocycles. The fourth-order valence-electron chi connectivity index (χ4n) is 1.10. The third kappa shape index (κ3) is 2.76. The quantitative estimate of drug-likeness (QED) is 0.688. The molecule has 1 heteroatoms. The van der Waals surface area contributed by atoms with Crippen LogP contribution >= 0.6 is 0 Å². The maximum absolute atomic E-state index is 5.70. The molecule has 1 unspecified atom stereocenters. The minimum Gasteiger partial charge on any atom is -0.491 e. The van der Waals surface area contributed by atoms with Crippen LogP contribution in [0.15, 0.2) is 18.2 Å². The Bertz CT molecular complexity index is 278. The van der Waals surface area contributed by atoms with Crippen molar-refractivity contribution in [3.05, 3.63) is 29.3 Å². The Hall–Kier alpha value is -0.980. The summed E-state index contributed by atoms with van der Waals surface area (Å²) < 4.78 is 5.70. The van der Waals surface area contributed by atoms with Crippen LogP contribution in [0.4, 0.5) is 0 Å². The van der Waals surface area contributed by atoms with E-state index in [1.807, 2.05) is 6.07 Å². The van der Waals surface area contributed by atoms with Crippen molar-refractivity contribution in [2.75, 3.05) is 0 Å². The number of hydrogen-bond donors (Lipinski definition) is 0. The van der Waals surface area contributed by atoms with Gasteiger partial charge in [-0.3, -0.25) is 0 Å². The van der Waals surface area contributed by atoms with E-state index in [1.165, 1.54) is 11.1 Å². The molecule has 1 aromatic carbocycles. The molecule has 0 spiro atoms. The first-order valence-electron chi connectivity index (χ1n) is 4.87. The second-order valence-corrected chi connectivity index (χ2v) is 3.58. The Balaban J connectivity index is 2.73. The van der Waals surface area contributed by atoms with E-state index >= 15 is 0 Å². The zero-order valence-electron chi connectivity index (χ0n) is 8.92. The summed E-state index contributed by atoms with van der Waals surface area (Å²) in [7, 11) is 0. The molecular weight excluding hydrogens is 160 g/mol. The fourth-order valence-corrected chi connectivity index (χ4v) is 1.10. The van der Waals surface area contributed by atoms with Gasteiger partial charge in [0.05, 0.1) is 6.10 Å². The lowest BCUT2D eigenvalue weighted by Gasteiger charge is -2.13. The molecule has 0 saturated heterocycles. The number of ether oxygens (including phenoxy) is 1. The molecule has 0 saturated carbocycles. The van der Waals surface area contributed by atoms with Crippen molar-refractivity contribution in [3.63, 3.8) is 0 Å². The van der Waals surface area contributed by atoms with Gasteiger partial charge in [-0.05, 0) is 50.5 Å². The molecular formula is C12H18O. The number of rotatable bonds is 3. The summed E-state index contributed by atoms with van der Waals surface area (Å²) in [4.78, 5) is 0. The van der Waals surface area contributed by atoms with Crippen LogP contribution in [0.2, 0.25) is 0 Å². The predicted octanol–water partition coefficient (Wildman–Crippen LogP) is 3.48. The van der Waals surface area contributed by atoms with Crippen molar-refractivity contribution in [2.24, 2.45) is 0 Å². The molecule has 72 valence electrons. The van der Waals surface area contributed by atoms with Crippen molar-refractivity contribution in [2.45, 2.75) is 40.2 Å². The summed E-state index contributed by atoms with van der Waals surface area (Å²) in [6.45, 7) is 8.45. The van der Waals surface area contributed by atoms with E-state index < -0.39 is 0 Å². The molecule has 0 heterocycles. The third-order valence-corrected chi connectivity index (χ3v) is 2.39. The predicted molar refractivity (Wildman–Crippen MR) is 56.3 cm³/mol. The van der Waals surface area contributed by atoms with Crippen LogP contribution in [0.5, 0.6) is 5.75 Å². The fraction of sp³-hybridized carbons (Fsp3) is 0.500. The Labute approximate surface area is 80.7 Å². The third-order valence-electron chi connectivity index (χ3n) is 2.39. The lowest BCUT2D eigenvalue weighted by Crippen LogP contribution is -2.09. The first-order chi connectivity index (χ1) is 6.13. The van der Waals surface area contributed by atoms with Gasteiger partial charge < -0.3 is 4.74 Å². The van der Waals surface area contributed by atoms with E-state index in [4.69, 9.17) is 4.74 Å². The van der Waals surface area contributed by atoms with Crippen molar-refractivity contribution in [3.8, 4) is 5.75 Å². The van der Waals surface area contributed by atoms with Crippen LogP contribution in [0.1, 0.15) is 31.4 Å². The van der Waals surface area contributed by atoms with Crippen LogP contribution in [-0.2, 0) is 0 Å². The second kappa shape index (κ2) is 4.31. The molecule has 0 bridgehead atoms. The van der Waals surface area contributed by atoms with Crippen LogP contribution in [-0.4, -0.2) is 6.10 Å². The monoisotopic (exact) mass is 178 g/mol. The Morgan fingerprint density at radius 2 is 1.92 bits per heavy atom. The highest BCUT2D eigenvalue weighted by molar-refractivity contribution is 5.33. The summed E-state index contributed by atoms with van der Waals surface area (Å²) in [5.41, 5.74) is 2.61. The van der Waals surface area contributed by atoms with Crippen molar-refractivity contribution in [1.29, 1.82) is 0 Å². The second-order valence-electron chi connectivity index (χ2n) is 3.58. The highest BCUT2D eigenvalue weighted by atomic mass is 16.5. The Kier molecular flexibility index (Phi) is 3.35. The minimum absolute atomic E-state index is 0.308. The van der Waals surface area contributed by atoms with E-state index in [-0.39, 0.29) is 0 Å². The van der Waals surface area contributed by atoms with Gasteiger partial charge in [-0.2, -0.15) is 0 Å². The first-order valence-corrected chi connectivity index (χ1v) is 4.87. The number of benzene rings is 1. The average molecular weight is 178 g/mol. The lowest BCUT2D eigenvalue weighted by molar-refractivity contribution is 0.217. The molecule has 13 heavy (non-hydrogen) atoms. The molecule has 0 aliphatic heterocycles. The summed E-state index contributed by atoms with van der Waals surface area (Å²) in [5, 5.41) is 0. The summed E-state index contributed by atoms with van der Waals surface area (Å²) in [6, 6.07) is 6.24. The SMILES string of the molecule is CCC(C)Oc1ccc(C)c(C)c1. The molecule has 0 fully saturated rings. The van der Waals surface area contributed by atoms with Gasteiger partial charge in [-0.25, -0.2) is 0 Å². The molecule has 0 aliphatic rings. The number of aryl methyl sites for hydroxylation is 2.